The highest BCUT2D eigenvalue weighted by Crippen LogP contribution is 2.18. The Labute approximate surface area is 97.0 Å². The number of benzene rings is 1. The summed E-state index contributed by atoms with van der Waals surface area (Å²) < 4.78 is 5.53. The number of nitrogens with zero attached hydrogens (tertiary/aromatic N) is 1. The molecule has 0 N–H and O–H groups in total. The van der Waals surface area contributed by atoms with Crippen LogP contribution in [-0.2, 0) is 0 Å². The predicted molar refractivity (Wildman–Crippen MR) is 61.9 cm³/mol. The number of fused-ring (bicyclic) bond motifs is 1. The molecular weight excluding hydrogens is 313 g/mol. The van der Waals surface area contributed by atoms with Crippen molar-refractivity contribution < 1.29 is 9.34 Å². The van der Waals surface area contributed by atoms with Gasteiger partial charge in [0.15, 0.2) is 0 Å². The van der Waals surface area contributed by atoms with Crippen molar-refractivity contribution in [1.29, 1.82) is 0 Å². The highest BCUT2D eigenvalue weighted by molar-refractivity contribution is 14.1. The summed E-state index contributed by atoms with van der Waals surface area (Å²) in [5.41, 5.74) is -0.0108. The number of hydrogen-bond acceptors (Lipinski definition) is 4. The summed E-state index contributed by atoms with van der Waals surface area (Å²) in [6, 6.07) is 3.95. The smallest absolute Gasteiger partial charge is 0.270 e. The van der Waals surface area contributed by atoms with Crippen LogP contribution in [0.4, 0.5) is 5.69 Å². The fourth-order valence-electron chi connectivity index (χ4n) is 1.21. The van der Waals surface area contributed by atoms with E-state index in [2.05, 4.69) is 0 Å². The van der Waals surface area contributed by atoms with Crippen molar-refractivity contribution in [2.75, 3.05) is 0 Å². The molecule has 1 heterocycles. The van der Waals surface area contributed by atoms with Crippen molar-refractivity contribution >= 4 is 39.2 Å². The fraction of sp³-hybridized carbons (Fsp3) is 0. The van der Waals surface area contributed by atoms with Gasteiger partial charge in [0, 0.05) is 12.1 Å². The molecule has 1 aromatic heterocycles. The summed E-state index contributed by atoms with van der Waals surface area (Å²) in [6.07, 6.45) is 1.33. The van der Waals surface area contributed by atoms with Gasteiger partial charge in [-0.05, 0) is 28.7 Å². The zero-order chi connectivity index (χ0) is 11.0. The minimum atomic E-state index is -0.543. The highest BCUT2D eigenvalue weighted by atomic mass is 127. The van der Waals surface area contributed by atoms with Crippen molar-refractivity contribution in [3.05, 3.63) is 48.4 Å². The van der Waals surface area contributed by atoms with E-state index in [4.69, 9.17) is 4.42 Å². The average Bonchev–Trinajstić information content (AvgIpc) is 2.23. The topological polar surface area (TPSA) is 73.3 Å². The Kier molecular flexibility index (Phi) is 2.43. The van der Waals surface area contributed by atoms with E-state index < -0.39 is 4.92 Å². The van der Waals surface area contributed by atoms with Crippen LogP contribution in [0.15, 0.2) is 33.7 Å². The molecule has 0 aliphatic rings. The van der Waals surface area contributed by atoms with Crippen LogP contribution in [0.25, 0.3) is 11.0 Å². The second kappa shape index (κ2) is 3.61. The number of halogens is 1. The Balaban J connectivity index is 2.85. The van der Waals surface area contributed by atoms with E-state index in [1.54, 1.807) is 0 Å². The molecule has 0 fully saturated rings. The van der Waals surface area contributed by atoms with Gasteiger partial charge in [0.1, 0.15) is 11.8 Å². The molecule has 2 aromatic rings. The lowest BCUT2D eigenvalue weighted by atomic mass is 10.2. The van der Waals surface area contributed by atoms with Gasteiger partial charge in [-0.1, -0.05) is 0 Å². The standard InChI is InChI=1S/C9H4INO4/c10-7-4-15-8-2-1-5(11(13)14)3-6(8)9(7)12/h1-4H. The van der Waals surface area contributed by atoms with Crippen LogP contribution in [0, 0.1) is 13.7 Å². The molecule has 0 saturated carbocycles. The molecule has 0 bridgehead atoms. The van der Waals surface area contributed by atoms with Crippen LogP contribution in [0.3, 0.4) is 0 Å². The summed E-state index contributed by atoms with van der Waals surface area (Å²) in [7, 11) is 0. The SMILES string of the molecule is O=c1c(I)coc2ccc([N+](=O)[O-])cc12. The van der Waals surface area contributed by atoms with Gasteiger partial charge in [-0.25, -0.2) is 0 Å². The summed E-state index contributed by atoms with van der Waals surface area (Å²) in [5, 5.41) is 10.7. The van der Waals surface area contributed by atoms with Gasteiger partial charge in [0.2, 0.25) is 5.43 Å². The molecule has 0 unspecified atom stereocenters. The third-order valence-corrected chi connectivity index (χ3v) is 2.67. The highest BCUT2D eigenvalue weighted by Gasteiger charge is 2.10. The Bertz CT molecular complexity index is 605. The van der Waals surface area contributed by atoms with Gasteiger partial charge >= 0.3 is 0 Å². The molecule has 15 heavy (non-hydrogen) atoms. The number of nitro groups is 1. The molecule has 0 amide bonds. The van der Waals surface area contributed by atoms with Crippen LogP contribution in [0.2, 0.25) is 0 Å². The summed E-state index contributed by atoms with van der Waals surface area (Å²) in [6.45, 7) is 0. The molecule has 0 saturated heterocycles. The Morgan fingerprint density at radius 1 is 1.40 bits per heavy atom. The molecular formula is C9H4INO4. The van der Waals surface area contributed by atoms with E-state index in [1.807, 2.05) is 22.6 Å². The number of non-ortho nitro benzene ring substituents is 1. The quantitative estimate of drug-likeness (QED) is 0.459. The Morgan fingerprint density at radius 3 is 2.80 bits per heavy atom. The molecule has 0 spiro atoms. The zero-order valence-corrected chi connectivity index (χ0v) is 9.43. The second-order valence-electron chi connectivity index (χ2n) is 2.85. The minimum Gasteiger partial charge on any atom is -0.463 e. The third-order valence-electron chi connectivity index (χ3n) is 1.92. The summed E-state index contributed by atoms with van der Waals surface area (Å²) >= 11 is 1.83. The molecule has 0 atom stereocenters. The summed E-state index contributed by atoms with van der Waals surface area (Å²) in [4.78, 5) is 21.6. The first kappa shape index (κ1) is 10.1. The molecule has 76 valence electrons. The fourth-order valence-corrected chi connectivity index (χ4v) is 1.63. The van der Waals surface area contributed by atoms with Gasteiger partial charge in [0.05, 0.1) is 13.9 Å². The molecule has 0 aliphatic heterocycles. The predicted octanol–water partition coefficient (Wildman–Crippen LogP) is 2.31. The van der Waals surface area contributed by atoms with E-state index in [0.717, 1.165) is 0 Å². The molecule has 2 rings (SSSR count). The van der Waals surface area contributed by atoms with E-state index in [0.29, 0.717) is 9.15 Å². The van der Waals surface area contributed by atoms with Crippen LogP contribution >= 0.6 is 22.6 Å². The van der Waals surface area contributed by atoms with E-state index in [9.17, 15) is 14.9 Å². The van der Waals surface area contributed by atoms with Crippen LogP contribution in [0.1, 0.15) is 0 Å². The first-order valence-corrected chi connectivity index (χ1v) is 5.03. The summed E-state index contributed by atoms with van der Waals surface area (Å²) in [5.74, 6) is 0. The van der Waals surface area contributed by atoms with Crippen molar-refractivity contribution in [2.24, 2.45) is 0 Å². The van der Waals surface area contributed by atoms with Crippen LogP contribution in [-0.4, -0.2) is 4.92 Å². The van der Waals surface area contributed by atoms with Gasteiger partial charge in [0.25, 0.3) is 5.69 Å². The van der Waals surface area contributed by atoms with Crippen molar-refractivity contribution in [3.63, 3.8) is 0 Å². The Hall–Kier alpha value is -1.44. The maximum Gasteiger partial charge on any atom is 0.270 e. The van der Waals surface area contributed by atoms with Crippen LogP contribution < -0.4 is 5.43 Å². The monoisotopic (exact) mass is 317 g/mol. The maximum absolute atomic E-state index is 11.6. The maximum atomic E-state index is 11.6. The molecule has 6 heteroatoms. The number of nitro benzene ring substituents is 1. The number of hydrogen-bond donors (Lipinski definition) is 0. The van der Waals surface area contributed by atoms with Gasteiger partial charge in [-0.2, -0.15) is 0 Å². The number of rotatable bonds is 1. The molecule has 0 aliphatic carbocycles. The van der Waals surface area contributed by atoms with Gasteiger partial charge in [-0.15, -0.1) is 0 Å². The lowest BCUT2D eigenvalue weighted by Crippen LogP contribution is -2.04. The second-order valence-corrected chi connectivity index (χ2v) is 4.01. The lowest BCUT2D eigenvalue weighted by molar-refractivity contribution is -0.384. The van der Waals surface area contributed by atoms with Crippen LogP contribution in [0.5, 0.6) is 0 Å². The largest absolute Gasteiger partial charge is 0.463 e. The minimum absolute atomic E-state index is 0.114. The van der Waals surface area contributed by atoms with Gasteiger partial charge in [-0.3, -0.25) is 14.9 Å². The lowest BCUT2D eigenvalue weighted by Gasteiger charge is -1.96. The van der Waals surface area contributed by atoms with E-state index in [-0.39, 0.29) is 16.5 Å². The van der Waals surface area contributed by atoms with Crippen molar-refractivity contribution in [3.8, 4) is 0 Å². The molecule has 0 radical (unpaired) electrons. The average molecular weight is 317 g/mol. The first-order valence-electron chi connectivity index (χ1n) is 3.95. The van der Waals surface area contributed by atoms with E-state index >= 15 is 0 Å². The normalized spacial score (nSPS) is 10.5. The van der Waals surface area contributed by atoms with Crippen molar-refractivity contribution in [2.45, 2.75) is 0 Å². The van der Waals surface area contributed by atoms with E-state index in [1.165, 1.54) is 24.5 Å². The first-order chi connectivity index (χ1) is 7.09. The van der Waals surface area contributed by atoms with Crippen molar-refractivity contribution in [1.82, 2.24) is 0 Å². The third kappa shape index (κ3) is 1.72. The Morgan fingerprint density at radius 2 is 2.13 bits per heavy atom. The molecule has 1 aromatic carbocycles. The molecule has 5 nitrogen and oxygen atoms in total. The zero-order valence-electron chi connectivity index (χ0n) is 7.27. The van der Waals surface area contributed by atoms with Gasteiger partial charge < -0.3 is 4.42 Å².